The second kappa shape index (κ2) is 5.46. The second-order valence-electron chi connectivity index (χ2n) is 4.53. The third-order valence-corrected chi connectivity index (χ3v) is 4.38. The highest BCUT2D eigenvalue weighted by molar-refractivity contribution is 9.09. The van der Waals surface area contributed by atoms with Gasteiger partial charge in [-0.1, -0.05) is 51.8 Å². The van der Waals surface area contributed by atoms with Crippen LogP contribution in [0.15, 0.2) is 51.7 Å². The third kappa shape index (κ3) is 2.67. The Labute approximate surface area is 128 Å². The van der Waals surface area contributed by atoms with Crippen molar-refractivity contribution >= 4 is 38.6 Å². The number of fused-ring (bicyclic) bond motifs is 1. The Balaban J connectivity index is 1.90. The Hall–Kier alpha value is -1.52. The Kier molecular flexibility index (Phi) is 3.68. The number of rotatable bonds is 3. The maximum atomic E-state index is 11.2. The van der Waals surface area contributed by atoms with E-state index in [1.165, 1.54) is 0 Å². The lowest BCUT2D eigenvalue weighted by molar-refractivity contribution is 0.555. The Morgan fingerprint density at radius 1 is 1.25 bits per heavy atom. The fourth-order valence-corrected chi connectivity index (χ4v) is 2.98. The lowest BCUT2D eigenvalue weighted by atomic mass is 10.0. The molecule has 3 nitrogen and oxygen atoms in total. The molecule has 1 unspecified atom stereocenters. The molecule has 2 aromatic carbocycles. The van der Waals surface area contributed by atoms with E-state index < -0.39 is 5.76 Å². The van der Waals surface area contributed by atoms with E-state index in [9.17, 15) is 4.79 Å². The largest absolute Gasteiger partial charge is 0.417 e. The van der Waals surface area contributed by atoms with Crippen LogP contribution >= 0.6 is 27.5 Å². The fraction of sp³-hybridized carbons (Fsp3) is 0.133. The zero-order chi connectivity index (χ0) is 14.1. The Morgan fingerprint density at radius 3 is 2.85 bits per heavy atom. The van der Waals surface area contributed by atoms with Crippen molar-refractivity contribution < 1.29 is 4.42 Å². The first-order valence-electron chi connectivity index (χ1n) is 6.14. The summed E-state index contributed by atoms with van der Waals surface area (Å²) < 4.78 is 5.07. The summed E-state index contributed by atoms with van der Waals surface area (Å²) in [6, 6.07) is 13.4. The van der Waals surface area contributed by atoms with Crippen molar-refractivity contribution in [2.24, 2.45) is 0 Å². The summed E-state index contributed by atoms with van der Waals surface area (Å²) in [5.74, 6) is -0.436. The molecule has 3 rings (SSSR count). The molecule has 0 bridgehead atoms. The normalized spacial score (nSPS) is 12.7. The highest BCUT2D eigenvalue weighted by Gasteiger charge is 2.12. The fourth-order valence-electron chi connectivity index (χ4n) is 2.13. The number of hydrogen-bond donors (Lipinski definition) is 1. The number of halogens is 2. The molecule has 20 heavy (non-hydrogen) atoms. The second-order valence-corrected chi connectivity index (χ2v) is 6.05. The van der Waals surface area contributed by atoms with Gasteiger partial charge in [0.1, 0.15) is 0 Å². The van der Waals surface area contributed by atoms with Gasteiger partial charge < -0.3 is 4.42 Å². The van der Waals surface area contributed by atoms with Gasteiger partial charge in [0.05, 0.1) is 5.52 Å². The van der Waals surface area contributed by atoms with Crippen molar-refractivity contribution in [2.75, 3.05) is 0 Å². The summed E-state index contributed by atoms with van der Waals surface area (Å²) in [6.07, 6.45) is 0.764. The van der Waals surface area contributed by atoms with Gasteiger partial charge in [-0.15, -0.1) is 0 Å². The quantitative estimate of drug-likeness (QED) is 0.708. The molecular formula is C15H11BrClNO2. The van der Waals surface area contributed by atoms with Crippen LogP contribution in [0.25, 0.3) is 11.1 Å². The molecule has 3 aromatic rings. The molecule has 0 aliphatic carbocycles. The standard InChI is InChI=1S/C15H11BrClNO2/c16-11(7-10-3-1-2-4-12(10)17)9-5-6-13-14(8-9)20-15(19)18-13/h1-6,8,11H,7H2,(H,18,19). The lowest BCUT2D eigenvalue weighted by Gasteiger charge is -2.11. The molecule has 102 valence electrons. The van der Waals surface area contributed by atoms with Crippen LogP contribution in [0.4, 0.5) is 0 Å². The lowest BCUT2D eigenvalue weighted by Crippen LogP contribution is -1.96. The van der Waals surface area contributed by atoms with Crippen molar-refractivity contribution in [3.63, 3.8) is 0 Å². The molecule has 0 aliphatic rings. The van der Waals surface area contributed by atoms with E-state index in [1.807, 2.05) is 42.5 Å². The van der Waals surface area contributed by atoms with E-state index in [0.29, 0.717) is 11.1 Å². The molecule has 0 radical (unpaired) electrons. The molecule has 1 atom stereocenters. The summed E-state index contributed by atoms with van der Waals surface area (Å²) in [5.41, 5.74) is 3.39. The number of benzene rings is 2. The zero-order valence-electron chi connectivity index (χ0n) is 10.4. The Bertz CT molecular complexity index is 809. The molecule has 1 heterocycles. The highest BCUT2D eigenvalue weighted by atomic mass is 79.9. The van der Waals surface area contributed by atoms with Crippen LogP contribution < -0.4 is 5.76 Å². The average molecular weight is 353 g/mol. The number of aromatic nitrogens is 1. The number of hydrogen-bond acceptors (Lipinski definition) is 2. The zero-order valence-corrected chi connectivity index (χ0v) is 12.7. The van der Waals surface area contributed by atoms with E-state index in [0.717, 1.165) is 22.6 Å². The maximum Gasteiger partial charge on any atom is 0.417 e. The predicted octanol–water partition coefficient (Wildman–Crippen LogP) is 4.45. The van der Waals surface area contributed by atoms with E-state index in [1.54, 1.807) is 0 Å². The van der Waals surface area contributed by atoms with Crippen molar-refractivity contribution in [2.45, 2.75) is 11.2 Å². The van der Waals surface area contributed by atoms with Crippen LogP contribution in [0.1, 0.15) is 16.0 Å². The van der Waals surface area contributed by atoms with Crippen molar-refractivity contribution in [1.82, 2.24) is 4.98 Å². The SMILES string of the molecule is O=c1[nH]c2ccc(C(Br)Cc3ccccc3Cl)cc2o1. The van der Waals surface area contributed by atoms with Crippen LogP contribution in [0.5, 0.6) is 0 Å². The van der Waals surface area contributed by atoms with Gasteiger partial charge in [-0.2, -0.15) is 0 Å². The van der Waals surface area contributed by atoms with Crippen LogP contribution in [0, 0.1) is 0 Å². The average Bonchev–Trinajstić information content (AvgIpc) is 2.80. The van der Waals surface area contributed by atoms with Crippen LogP contribution in [-0.4, -0.2) is 4.98 Å². The molecule has 0 saturated heterocycles. The smallest absolute Gasteiger partial charge is 0.408 e. The third-order valence-electron chi connectivity index (χ3n) is 3.16. The predicted molar refractivity (Wildman–Crippen MR) is 83.7 cm³/mol. The summed E-state index contributed by atoms with van der Waals surface area (Å²) in [7, 11) is 0. The van der Waals surface area contributed by atoms with Gasteiger partial charge in [0.15, 0.2) is 5.58 Å². The topological polar surface area (TPSA) is 46.0 Å². The number of aromatic amines is 1. The minimum atomic E-state index is -0.436. The van der Waals surface area contributed by atoms with E-state index in [-0.39, 0.29) is 4.83 Å². The minimum Gasteiger partial charge on any atom is -0.408 e. The number of nitrogens with one attached hydrogen (secondary N) is 1. The van der Waals surface area contributed by atoms with Gasteiger partial charge in [0.25, 0.3) is 0 Å². The number of oxazole rings is 1. The van der Waals surface area contributed by atoms with E-state index >= 15 is 0 Å². The van der Waals surface area contributed by atoms with Crippen molar-refractivity contribution in [3.05, 3.63) is 69.2 Å². The summed E-state index contributed by atoms with van der Waals surface area (Å²) in [5, 5.41) is 0.756. The molecule has 1 aromatic heterocycles. The molecule has 5 heteroatoms. The monoisotopic (exact) mass is 351 g/mol. The van der Waals surface area contributed by atoms with Crippen molar-refractivity contribution in [3.8, 4) is 0 Å². The van der Waals surface area contributed by atoms with Crippen LogP contribution in [0.3, 0.4) is 0 Å². The summed E-state index contributed by atoms with van der Waals surface area (Å²) in [4.78, 5) is 13.9. The van der Waals surface area contributed by atoms with Gasteiger partial charge in [0.2, 0.25) is 0 Å². The maximum absolute atomic E-state index is 11.2. The number of alkyl halides is 1. The van der Waals surface area contributed by atoms with Crippen LogP contribution in [-0.2, 0) is 6.42 Å². The number of H-pyrrole nitrogens is 1. The molecule has 1 N–H and O–H groups in total. The highest BCUT2D eigenvalue weighted by Crippen LogP contribution is 2.31. The van der Waals surface area contributed by atoms with Gasteiger partial charge >= 0.3 is 5.76 Å². The van der Waals surface area contributed by atoms with Crippen molar-refractivity contribution in [1.29, 1.82) is 0 Å². The first kappa shape index (κ1) is 13.5. The first-order valence-corrected chi connectivity index (χ1v) is 7.43. The van der Waals surface area contributed by atoms with Gasteiger partial charge in [-0.3, -0.25) is 4.98 Å². The molecule has 0 spiro atoms. The van der Waals surface area contributed by atoms with Gasteiger partial charge in [-0.05, 0) is 35.7 Å². The first-order chi connectivity index (χ1) is 9.63. The van der Waals surface area contributed by atoms with Gasteiger partial charge in [0, 0.05) is 9.85 Å². The molecular weight excluding hydrogens is 342 g/mol. The molecule has 0 fully saturated rings. The molecule has 0 amide bonds. The van der Waals surface area contributed by atoms with Crippen LogP contribution in [0.2, 0.25) is 5.02 Å². The summed E-state index contributed by atoms with van der Waals surface area (Å²) >= 11 is 9.83. The minimum absolute atomic E-state index is 0.104. The summed E-state index contributed by atoms with van der Waals surface area (Å²) in [6.45, 7) is 0. The van der Waals surface area contributed by atoms with E-state index in [4.69, 9.17) is 16.0 Å². The van der Waals surface area contributed by atoms with Gasteiger partial charge in [-0.25, -0.2) is 4.79 Å². The molecule has 0 saturated carbocycles. The van der Waals surface area contributed by atoms with E-state index in [2.05, 4.69) is 20.9 Å². The molecule has 0 aliphatic heterocycles. The Morgan fingerprint density at radius 2 is 2.05 bits per heavy atom.